The van der Waals surface area contributed by atoms with Crippen LogP contribution in [0.3, 0.4) is 0 Å². The Morgan fingerprint density at radius 3 is 2.13 bits per heavy atom. The summed E-state index contributed by atoms with van der Waals surface area (Å²) in [5.41, 5.74) is 0.368. The first-order valence-electron chi connectivity index (χ1n) is 4.85. The monoisotopic (exact) mass is 211 g/mol. The molecule has 0 aliphatic carbocycles. The first kappa shape index (κ1) is 11.8. The molecule has 0 saturated heterocycles. The molecule has 0 bridgehead atoms. The largest absolute Gasteiger partial charge is 0.508 e. The summed E-state index contributed by atoms with van der Waals surface area (Å²) >= 11 is 0. The molecule has 0 aliphatic heterocycles. The summed E-state index contributed by atoms with van der Waals surface area (Å²) in [4.78, 5) is 0. The molecule has 0 unspecified atom stereocenters. The van der Waals surface area contributed by atoms with E-state index in [-0.39, 0.29) is 18.1 Å². The highest BCUT2D eigenvalue weighted by Gasteiger charge is 2.20. The third-order valence-corrected chi connectivity index (χ3v) is 2.30. The second kappa shape index (κ2) is 4.51. The number of phenols is 2. The molecular weight excluding hydrogens is 194 g/mol. The van der Waals surface area contributed by atoms with Crippen LogP contribution in [0.2, 0.25) is 0 Å². The van der Waals surface area contributed by atoms with Crippen LogP contribution in [0.5, 0.6) is 11.5 Å². The number of benzene rings is 1. The molecule has 0 aliphatic rings. The van der Waals surface area contributed by atoms with Gasteiger partial charge in [-0.2, -0.15) is 0 Å². The zero-order valence-corrected chi connectivity index (χ0v) is 8.99. The van der Waals surface area contributed by atoms with Crippen LogP contribution >= 0.6 is 0 Å². The van der Waals surface area contributed by atoms with Crippen molar-refractivity contribution >= 4 is 0 Å². The second-order valence-electron chi connectivity index (χ2n) is 4.01. The smallest absolute Gasteiger partial charge is 0.119 e. The van der Waals surface area contributed by atoms with Crippen LogP contribution in [0.25, 0.3) is 0 Å². The van der Waals surface area contributed by atoms with E-state index in [1.54, 1.807) is 12.1 Å². The Morgan fingerprint density at radius 2 is 1.67 bits per heavy atom. The maximum absolute atomic E-state index is 9.35. The Balaban J connectivity index is 2.93. The predicted molar refractivity (Wildman–Crippen MR) is 57.9 cm³/mol. The SMILES string of the molecule is CC(C)(NCCO)c1cc(O)cc(O)c1. The van der Waals surface area contributed by atoms with Crippen LogP contribution in [-0.4, -0.2) is 28.5 Å². The van der Waals surface area contributed by atoms with Crippen LogP contribution in [0, 0.1) is 0 Å². The van der Waals surface area contributed by atoms with Gasteiger partial charge in [0.05, 0.1) is 6.61 Å². The molecule has 4 N–H and O–H groups in total. The average molecular weight is 211 g/mol. The van der Waals surface area contributed by atoms with Crippen molar-refractivity contribution in [2.45, 2.75) is 19.4 Å². The lowest BCUT2D eigenvalue weighted by atomic mass is 9.94. The van der Waals surface area contributed by atoms with E-state index >= 15 is 0 Å². The van der Waals surface area contributed by atoms with Gasteiger partial charge >= 0.3 is 0 Å². The first-order valence-corrected chi connectivity index (χ1v) is 4.85. The Hall–Kier alpha value is -1.26. The maximum Gasteiger partial charge on any atom is 0.119 e. The van der Waals surface area contributed by atoms with Gasteiger partial charge in [-0.3, -0.25) is 0 Å². The van der Waals surface area contributed by atoms with Gasteiger partial charge in [-0.05, 0) is 31.5 Å². The van der Waals surface area contributed by atoms with Crippen molar-refractivity contribution in [2.24, 2.45) is 0 Å². The van der Waals surface area contributed by atoms with Crippen molar-refractivity contribution in [1.29, 1.82) is 0 Å². The van der Waals surface area contributed by atoms with E-state index in [1.165, 1.54) is 6.07 Å². The zero-order chi connectivity index (χ0) is 11.5. The Morgan fingerprint density at radius 1 is 1.13 bits per heavy atom. The fraction of sp³-hybridized carbons (Fsp3) is 0.455. The molecular formula is C11H17NO3. The van der Waals surface area contributed by atoms with Crippen molar-refractivity contribution in [3.63, 3.8) is 0 Å². The highest BCUT2D eigenvalue weighted by atomic mass is 16.3. The van der Waals surface area contributed by atoms with Gasteiger partial charge in [-0.15, -0.1) is 0 Å². The highest BCUT2D eigenvalue weighted by Crippen LogP contribution is 2.28. The van der Waals surface area contributed by atoms with Gasteiger partial charge in [-0.1, -0.05) is 0 Å². The van der Waals surface area contributed by atoms with E-state index in [2.05, 4.69) is 5.32 Å². The molecule has 4 heteroatoms. The van der Waals surface area contributed by atoms with Crippen LogP contribution in [-0.2, 0) is 5.54 Å². The number of nitrogens with one attached hydrogen (secondary N) is 1. The molecule has 0 amide bonds. The second-order valence-corrected chi connectivity index (χ2v) is 4.01. The highest BCUT2D eigenvalue weighted by molar-refractivity contribution is 5.39. The number of aromatic hydroxyl groups is 2. The fourth-order valence-corrected chi connectivity index (χ4v) is 1.43. The van der Waals surface area contributed by atoms with E-state index in [9.17, 15) is 10.2 Å². The lowest BCUT2D eigenvalue weighted by Crippen LogP contribution is -2.38. The molecule has 0 spiro atoms. The topological polar surface area (TPSA) is 72.7 Å². The minimum Gasteiger partial charge on any atom is -0.508 e. The third-order valence-electron chi connectivity index (χ3n) is 2.30. The number of hydrogen-bond donors (Lipinski definition) is 4. The van der Waals surface area contributed by atoms with Crippen molar-refractivity contribution in [2.75, 3.05) is 13.2 Å². The normalized spacial score (nSPS) is 11.7. The summed E-state index contributed by atoms with van der Waals surface area (Å²) in [7, 11) is 0. The molecule has 1 aromatic carbocycles. The Labute approximate surface area is 89.2 Å². The molecule has 84 valence electrons. The van der Waals surface area contributed by atoms with Gasteiger partial charge < -0.3 is 20.6 Å². The first-order chi connectivity index (χ1) is 6.95. The van der Waals surface area contributed by atoms with Gasteiger partial charge in [0.1, 0.15) is 11.5 Å². The van der Waals surface area contributed by atoms with Gasteiger partial charge in [0.15, 0.2) is 0 Å². The Kier molecular flexibility index (Phi) is 3.55. The lowest BCUT2D eigenvalue weighted by Gasteiger charge is -2.27. The summed E-state index contributed by atoms with van der Waals surface area (Å²) in [6, 6.07) is 4.46. The van der Waals surface area contributed by atoms with Gasteiger partial charge in [0.25, 0.3) is 0 Å². The third kappa shape index (κ3) is 3.11. The molecule has 1 rings (SSSR count). The van der Waals surface area contributed by atoms with Crippen molar-refractivity contribution < 1.29 is 15.3 Å². The van der Waals surface area contributed by atoms with Crippen LogP contribution < -0.4 is 5.32 Å². The van der Waals surface area contributed by atoms with Crippen molar-refractivity contribution in [3.8, 4) is 11.5 Å². The number of phenolic OH excluding ortho intramolecular Hbond substituents is 2. The fourth-order valence-electron chi connectivity index (χ4n) is 1.43. The minimum atomic E-state index is -0.404. The van der Waals surface area contributed by atoms with E-state index in [0.717, 1.165) is 5.56 Å². The number of rotatable bonds is 4. The number of aliphatic hydroxyl groups excluding tert-OH is 1. The van der Waals surface area contributed by atoms with E-state index in [0.29, 0.717) is 6.54 Å². The zero-order valence-electron chi connectivity index (χ0n) is 8.99. The number of hydrogen-bond acceptors (Lipinski definition) is 4. The predicted octanol–water partition coefficient (Wildman–Crippen LogP) is 0.915. The summed E-state index contributed by atoms with van der Waals surface area (Å²) < 4.78 is 0. The lowest BCUT2D eigenvalue weighted by molar-refractivity contribution is 0.266. The van der Waals surface area contributed by atoms with E-state index in [4.69, 9.17) is 5.11 Å². The van der Waals surface area contributed by atoms with Gasteiger partial charge in [0, 0.05) is 18.2 Å². The summed E-state index contributed by atoms with van der Waals surface area (Å²) in [6.07, 6.45) is 0. The quantitative estimate of drug-likeness (QED) is 0.597. The van der Waals surface area contributed by atoms with Crippen LogP contribution in [0.4, 0.5) is 0 Å². The molecule has 0 fully saturated rings. The van der Waals surface area contributed by atoms with Gasteiger partial charge in [-0.25, -0.2) is 0 Å². The van der Waals surface area contributed by atoms with Gasteiger partial charge in [0.2, 0.25) is 0 Å². The van der Waals surface area contributed by atoms with E-state index in [1.807, 2.05) is 13.8 Å². The molecule has 1 aromatic rings. The molecule has 15 heavy (non-hydrogen) atoms. The maximum atomic E-state index is 9.35. The van der Waals surface area contributed by atoms with Crippen LogP contribution in [0.15, 0.2) is 18.2 Å². The molecule has 4 nitrogen and oxygen atoms in total. The van der Waals surface area contributed by atoms with Crippen LogP contribution in [0.1, 0.15) is 19.4 Å². The minimum absolute atomic E-state index is 0.0314. The molecule has 0 atom stereocenters. The molecule has 0 heterocycles. The van der Waals surface area contributed by atoms with Crippen molar-refractivity contribution in [1.82, 2.24) is 5.32 Å². The molecule has 0 saturated carbocycles. The molecule has 0 aromatic heterocycles. The molecule has 0 radical (unpaired) electrons. The number of aliphatic hydroxyl groups is 1. The standard InChI is InChI=1S/C11H17NO3/c1-11(2,12-3-4-13)8-5-9(14)7-10(15)6-8/h5-7,12-15H,3-4H2,1-2H3. The van der Waals surface area contributed by atoms with Crippen molar-refractivity contribution in [3.05, 3.63) is 23.8 Å². The summed E-state index contributed by atoms with van der Waals surface area (Å²) in [5, 5.41) is 30.5. The average Bonchev–Trinajstić information content (AvgIpc) is 2.13. The summed E-state index contributed by atoms with van der Waals surface area (Å²) in [5.74, 6) is 0.0627. The Bertz CT molecular complexity index is 316. The van der Waals surface area contributed by atoms with E-state index < -0.39 is 5.54 Å². The summed E-state index contributed by atoms with van der Waals surface area (Å²) in [6.45, 7) is 4.34.